The number of Topliss-reactive ketones (excluding diaryl/α,β-unsaturated/α-hetero) is 3. The molecule has 0 aromatic heterocycles. The van der Waals surface area contributed by atoms with Gasteiger partial charge in [0.2, 0.25) is 0 Å². The summed E-state index contributed by atoms with van der Waals surface area (Å²) in [6.45, 7) is 3.11. The van der Waals surface area contributed by atoms with E-state index in [1.54, 1.807) is 0 Å². The summed E-state index contributed by atoms with van der Waals surface area (Å²) in [7, 11) is -5.77. The average Bonchev–Trinajstić information content (AvgIpc) is 3.24. The van der Waals surface area contributed by atoms with Gasteiger partial charge in [0.1, 0.15) is 17.3 Å². The molecule has 41 heavy (non-hydrogen) atoms. The number of ketones is 3. The standard InChI is InChI=1S/C28H38F2O10S/c1-15(4-7-23(34)39-13-24(35)40-14-28(29,30)41(36,37)38)18-5-6-19-25-20(12-22(33)27(18,19)3)26(2)9-8-17(31)10-16(26)11-21(25)32/h15-16,18-20,25H,4-14H2,1-3H3,(H,36,37,38)/t15-,16?,18-,19+,20+,25+,26+,27-/m1/s1. The van der Waals surface area contributed by atoms with Crippen molar-refractivity contribution in [2.24, 2.45) is 46.3 Å². The summed E-state index contributed by atoms with van der Waals surface area (Å²) >= 11 is 0. The molecule has 10 nitrogen and oxygen atoms in total. The van der Waals surface area contributed by atoms with Crippen molar-refractivity contribution in [2.75, 3.05) is 13.2 Å². The highest BCUT2D eigenvalue weighted by Gasteiger charge is 2.66. The van der Waals surface area contributed by atoms with Gasteiger partial charge in [-0.05, 0) is 60.7 Å². The lowest BCUT2D eigenvalue weighted by molar-refractivity contribution is -0.167. The van der Waals surface area contributed by atoms with E-state index < -0.39 is 45.9 Å². The van der Waals surface area contributed by atoms with Crippen LogP contribution in [0.15, 0.2) is 0 Å². The number of carbonyl (C=O) groups excluding carboxylic acids is 5. The summed E-state index contributed by atoms with van der Waals surface area (Å²) in [4.78, 5) is 63.3. The van der Waals surface area contributed by atoms with Gasteiger partial charge in [0.25, 0.3) is 0 Å². The zero-order valence-corrected chi connectivity index (χ0v) is 24.3. The Morgan fingerprint density at radius 3 is 2.39 bits per heavy atom. The lowest BCUT2D eigenvalue weighted by Gasteiger charge is -2.58. The fourth-order valence-electron chi connectivity index (χ4n) is 8.43. The van der Waals surface area contributed by atoms with Crippen LogP contribution in [0.3, 0.4) is 0 Å². The first-order valence-electron chi connectivity index (χ1n) is 14.2. The maximum absolute atomic E-state index is 13.8. The summed E-state index contributed by atoms with van der Waals surface area (Å²) in [5.74, 6) is -2.24. The number of hydrogen-bond acceptors (Lipinski definition) is 9. The first kappa shape index (κ1) is 31.7. The molecular weight excluding hydrogens is 566 g/mol. The largest absolute Gasteiger partial charge is 0.455 e. The number of fused-ring (bicyclic) bond motifs is 5. The van der Waals surface area contributed by atoms with Crippen LogP contribution in [0.1, 0.15) is 78.6 Å². The minimum atomic E-state index is -5.77. The van der Waals surface area contributed by atoms with Gasteiger partial charge in [0, 0.05) is 43.4 Å². The van der Waals surface area contributed by atoms with Gasteiger partial charge in [-0.3, -0.25) is 23.7 Å². The Balaban J connectivity index is 1.33. The van der Waals surface area contributed by atoms with E-state index in [1.807, 2.05) is 13.8 Å². The molecule has 0 aromatic carbocycles. The molecular formula is C28H38F2O10S. The molecule has 0 amide bonds. The minimum Gasteiger partial charge on any atom is -0.455 e. The third-order valence-electron chi connectivity index (χ3n) is 10.8. The topological polar surface area (TPSA) is 158 Å². The van der Waals surface area contributed by atoms with Crippen molar-refractivity contribution in [3.8, 4) is 0 Å². The summed E-state index contributed by atoms with van der Waals surface area (Å²) in [5.41, 5.74) is -0.920. The summed E-state index contributed by atoms with van der Waals surface area (Å²) in [6.07, 6.45) is 3.98. The van der Waals surface area contributed by atoms with Gasteiger partial charge in [-0.25, -0.2) is 4.79 Å². The molecule has 0 saturated heterocycles. The molecule has 4 aliphatic carbocycles. The molecule has 0 heterocycles. The summed E-state index contributed by atoms with van der Waals surface area (Å²) in [6, 6.07) is 0. The molecule has 13 heteroatoms. The lowest BCUT2D eigenvalue weighted by atomic mass is 9.44. The van der Waals surface area contributed by atoms with Crippen LogP contribution in [0.5, 0.6) is 0 Å². The van der Waals surface area contributed by atoms with E-state index in [1.165, 1.54) is 0 Å². The van der Waals surface area contributed by atoms with E-state index in [4.69, 9.17) is 9.29 Å². The number of esters is 2. The van der Waals surface area contributed by atoms with Crippen molar-refractivity contribution in [3.63, 3.8) is 0 Å². The van der Waals surface area contributed by atoms with Crippen molar-refractivity contribution in [3.05, 3.63) is 0 Å². The number of halogens is 2. The third-order valence-corrected chi connectivity index (χ3v) is 11.7. The normalized spacial score (nSPS) is 36.1. The van der Waals surface area contributed by atoms with Crippen LogP contribution in [0.25, 0.3) is 0 Å². The summed E-state index contributed by atoms with van der Waals surface area (Å²) < 4.78 is 64.7. The fourth-order valence-corrected chi connectivity index (χ4v) is 8.64. The number of rotatable bonds is 9. The smallest absolute Gasteiger partial charge is 0.402 e. The van der Waals surface area contributed by atoms with E-state index in [0.29, 0.717) is 38.5 Å². The van der Waals surface area contributed by atoms with E-state index in [9.17, 15) is 41.2 Å². The van der Waals surface area contributed by atoms with Crippen LogP contribution < -0.4 is 0 Å². The highest BCUT2D eigenvalue weighted by atomic mass is 32.2. The average molecular weight is 605 g/mol. The van der Waals surface area contributed by atoms with E-state index >= 15 is 0 Å². The molecule has 4 fully saturated rings. The van der Waals surface area contributed by atoms with Crippen LogP contribution in [-0.2, 0) is 43.6 Å². The quantitative estimate of drug-likeness (QED) is 0.305. The lowest BCUT2D eigenvalue weighted by Crippen LogP contribution is -2.60. The molecule has 230 valence electrons. The van der Waals surface area contributed by atoms with Gasteiger partial charge >= 0.3 is 27.3 Å². The molecule has 1 N–H and O–H groups in total. The van der Waals surface area contributed by atoms with Crippen molar-refractivity contribution in [1.29, 1.82) is 0 Å². The molecule has 0 aliphatic heterocycles. The second kappa shape index (κ2) is 11.1. The summed E-state index contributed by atoms with van der Waals surface area (Å²) in [5, 5.41) is -4.69. The fraction of sp³-hybridized carbons (Fsp3) is 0.821. The first-order chi connectivity index (χ1) is 18.9. The van der Waals surface area contributed by atoms with Crippen LogP contribution in [0, 0.1) is 46.3 Å². The van der Waals surface area contributed by atoms with Crippen molar-refractivity contribution >= 4 is 39.4 Å². The van der Waals surface area contributed by atoms with Crippen LogP contribution in [-0.4, -0.2) is 60.7 Å². The number of ether oxygens (including phenoxy) is 2. The van der Waals surface area contributed by atoms with Gasteiger partial charge in [-0.1, -0.05) is 20.8 Å². The Morgan fingerprint density at radius 2 is 1.73 bits per heavy atom. The van der Waals surface area contributed by atoms with Crippen molar-refractivity contribution in [1.82, 2.24) is 0 Å². The monoisotopic (exact) mass is 604 g/mol. The third kappa shape index (κ3) is 5.72. The van der Waals surface area contributed by atoms with E-state index in [2.05, 4.69) is 11.7 Å². The molecule has 4 rings (SSSR count). The molecule has 0 aromatic rings. The van der Waals surface area contributed by atoms with Gasteiger partial charge in [0.15, 0.2) is 13.2 Å². The Hall–Kier alpha value is -2.28. The Bertz CT molecular complexity index is 1230. The number of hydrogen-bond donors (Lipinski definition) is 1. The Morgan fingerprint density at radius 1 is 1.05 bits per heavy atom. The number of alkyl halides is 2. The molecule has 1 unspecified atom stereocenters. The molecule has 0 spiro atoms. The Labute approximate surface area is 238 Å². The van der Waals surface area contributed by atoms with Crippen LogP contribution in [0.4, 0.5) is 8.78 Å². The van der Waals surface area contributed by atoms with Crippen molar-refractivity contribution in [2.45, 2.75) is 83.8 Å². The first-order valence-corrected chi connectivity index (χ1v) is 15.6. The molecule has 8 atom stereocenters. The minimum absolute atomic E-state index is 0.00622. The molecule has 0 radical (unpaired) electrons. The Kier molecular flexibility index (Phi) is 8.56. The maximum atomic E-state index is 13.8. The SMILES string of the molecule is C[C@H](CCC(=O)OCC(=O)OCC(F)(F)S(=O)(=O)O)[C@H]1CC[C@H]2[C@@H]3C(=O)CC4CC(=O)CC[C@]4(C)[C@H]3CC(=O)[C@]12C. The molecule has 4 aliphatic rings. The second-order valence-electron chi connectivity index (χ2n) is 12.9. The predicted octanol–water partition coefficient (Wildman–Crippen LogP) is 3.56. The van der Waals surface area contributed by atoms with E-state index in [-0.39, 0.29) is 64.7 Å². The van der Waals surface area contributed by atoms with Crippen molar-refractivity contribution < 1.29 is 55.2 Å². The second-order valence-corrected chi connectivity index (χ2v) is 14.4. The van der Waals surface area contributed by atoms with Crippen LogP contribution in [0.2, 0.25) is 0 Å². The molecule has 0 bridgehead atoms. The molecule has 4 saturated carbocycles. The van der Waals surface area contributed by atoms with E-state index in [0.717, 1.165) is 12.8 Å². The highest BCUT2D eigenvalue weighted by Crippen LogP contribution is 2.66. The predicted molar refractivity (Wildman–Crippen MR) is 138 cm³/mol. The van der Waals surface area contributed by atoms with Crippen LogP contribution >= 0.6 is 0 Å². The zero-order valence-electron chi connectivity index (χ0n) is 23.5. The number of carbonyl (C=O) groups is 5. The van der Waals surface area contributed by atoms with Gasteiger partial charge in [-0.15, -0.1) is 0 Å². The van der Waals surface area contributed by atoms with Gasteiger partial charge in [-0.2, -0.15) is 17.2 Å². The van der Waals surface area contributed by atoms with Gasteiger partial charge in [0.05, 0.1) is 0 Å². The zero-order chi connectivity index (χ0) is 30.5. The maximum Gasteiger partial charge on any atom is 0.402 e. The highest BCUT2D eigenvalue weighted by molar-refractivity contribution is 7.86. The van der Waals surface area contributed by atoms with Gasteiger partial charge < -0.3 is 9.47 Å².